The smallest absolute Gasteiger partial charge is 0.321 e. The summed E-state index contributed by atoms with van der Waals surface area (Å²) in [6.07, 6.45) is 42.5. The van der Waals surface area contributed by atoms with Gasteiger partial charge in [-0.3, -0.25) is 8.74 Å². The summed E-state index contributed by atoms with van der Waals surface area (Å²) >= 11 is 0. The van der Waals surface area contributed by atoms with Crippen molar-refractivity contribution in [3.63, 3.8) is 0 Å². The second-order valence-electron chi connectivity index (χ2n) is 15.7. The fourth-order valence-corrected chi connectivity index (χ4v) is 7.36. The summed E-state index contributed by atoms with van der Waals surface area (Å²) in [5.74, 6) is 0. The highest BCUT2D eigenvalue weighted by Crippen LogP contribution is 2.20. The molecule has 7 heteroatoms. The van der Waals surface area contributed by atoms with E-state index < -0.39 is 10.4 Å². The van der Waals surface area contributed by atoms with Crippen LogP contribution in [-0.2, 0) is 14.6 Å². The Kier molecular flexibility index (Phi) is 31.6. The van der Waals surface area contributed by atoms with Crippen molar-refractivity contribution in [3.8, 4) is 0 Å². The predicted octanol–water partition coefficient (Wildman–Crippen LogP) is 11.7. The highest BCUT2D eigenvalue weighted by atomic mass is 32.3. The van der Waals surface area contributed by atoms with Gasteiger partial charge in [0, 0.05) is 6.42 Å². The van der Waals surface area contributed by atoms with E-state index in [2.05, 4.69) is 32.1 Å². The van der Waals surface area contributed by atoms with Crippen molar-refractivity contribution >= 4 is 10.4 Å². The van der Waals surface area contributed by atoms with Gasteiger partial charge in [0.2, 0.25) is 0 Å². The molecule has 1 N–H and O–H groups in total. The van der Waals surface area contributed by atoms with Gasteiger partial charge in [-0.15, -0.1) is 0 Å². The quantitative estimate of drug-likeness (QED) is 0.0447. The third-order valence-corrected chi connectivity index (χ3v) is 11.3. The first-order valence-corrected chi connectivity index (χ1v) is 22.2. The van der Waals surface area contributed by atoms with Crippen LogP contribution < -0.4 is 0 Å². The van der Waals surface area contributed by atoms with Crippen LogP contribution in [0.15, 0.2) is 0 Å². The lowest BCUT2D eigenvalue weighted by Gasteiger charge is -2.35. The number of likely N-dealkylation sites (N-methyl/N-ethyl adjacent to an activating group) is 2. The number of unbranched alkanes of at least 4 members (excludes halogenated alkanes) is 26. The Hall–Kier alpha value is -0.210. The molecule has 0 spiro atoms. The highest BCUT2D eigenvalue weighted by molar-refractivity contribution is 7.80. The van der Waals surface area contributed by atoms with Crippen molar-refractivity contribution < 1.29 is 26.1 Å². The van der Waals surface area contributed by atoms with E-state index in [1.165, 1.54) is 234 Å². The van der Waals surface area contributed by atoms with Crippen LogP contribution >= 0.6 is 0 Å². The van der Waals surface area contributed by atoms with Gasteiger partial charge in [0.25, 0.3) is 0 Å². The zero-order valence-corrected chi connectivity index (χ0v) is 33.5. The van der Waals surface area contributed by atoms with Gasteiger partial charge in [-0.25, -0.2) is 0 Å². The normalized spacial score (nSPS) is 20.1. The van der Waals surface area contributed by atoms with Crippen molar-refractivity contribution in [2.45, 2.75) is 200 Å². The maximum Gasteiger partial charge on any atom is 0.397 e. The molecular weight excluding hydrogens is 605 g/mol. The van der Waals surface area contributed by atoms with Crippen LogP contribution in [0.4, 0.5) is 0 Å². The largest absolute Gasteiger partial charge is 0.397 e. The first kappa shape index (κ1) is 46.8. The fraction of sp³-hybridized carbons (Fsp3) is 1.00. The molecule has 284 valence electrons. The standard InChI is InChI=1S/C39H82N2.CH4O4S/c1-5-7-9-11-13-15-17-19-21-23-25-27-29-31-34-40(3)36-33-37-41(4,39-38-40)35-32-30-28-26-24-22-20-18-16-14-12-10-8-6-2;1-5-6(2,3)4/h5-39H2,1-4H3;1H3,(H,2,3,4)/q+2;. The minimum Gasteiger partial charge on any atom is -0.321 e. The molecule has 0 aromatic heterocycles. The van der Waals surface area contributed by atoms with E-state index in [-0.39, 0.29) is 0 Å². The summed E-state index contributed by atoms with van der Waals surface area (Å²) in [6.45, 7) is 13.1. The number of quaternary nitrogens is 2. The average molecular weight is 691 g/mol. The monoisotopic (exact) mass is 691 g/mol. The van der Waals surface area contributed by atoms with Crippen molar-refractivity contribution in [2.75, 3.05) is 60.5 Å². The molecule has 1 heterocycles. The molecule has 1 aliphatic heterocycles. The van der Waals surface area contributed by atoms with Crippen LogP contribution in [0.1, 0.15) is 200 Å². The van der Waals surface area contributed by atoms with E-state index in [0.717, 1.165) is 7.11 Å². The molecule has 2 unspecified atom stereocenters. The molecule has 1 fully saturated rings. The minimum atomic E-state index is -4.16. The van der Waals surface area contributed by atoms with Gasteiger partial charge in [0.15, 0.2) is 0 Å². The first-order valence-electron chi connectivity index (χ1n) is 20.8. The van der Waals surface area contributed by atoms with Crippen LogP contribution in [0, 0.1) is 0 Å². The molecule has 0 saturated carbocycles. The topological polar surface area (TPSA) is 63.6 Å². The number of nitrogens with zero attached hydrogens (tertiary/aromatic N) is 2. The molecule has 6 nitrogen and oxygen atoms in total. The van der Waals surface area contributed by atoms with Gasteiger partial charge >= 0.3 is 10.4 Å². The van der Waals surface area contributed by atoms with E-state index >= 15 is 0 Å². The van der Waals surface area contributed by atoms with Crippen LogP contribution in [0.2, 0.25) is 0 Å². The Morgan fingerprint density at radius 1 is 0.447 bits per heavy atom. The average Bonchev–Trinajstić information content (AvgIpc) is 3.19. The van der Waals surface area contributed by atoms with Gasteiger partial charge < -0.3 is 8.97 Å². The van der Waals surface area contributed by atoms with Gasteiger partial charge in [-0.1, -0.05) is 168 Å². The van der Waals surface area contributed by atoms with E-state index in [1.54, 1.807) is 0 Å². The van der Waals surface area contributed by atoms with E-state index in [1.807, 2.05) is 0 Å². The van der Waals surface area contributed by atoms with E-state index in [0.29, 0.717) is 0 Å². The Balaban J connectivity index is 0.00000320. The van der Waals surface area contributed by atoms with E-state index in [4.69, 9.17) is 4.55 Å². The summed E-state index contributed by atoms with van der Waals surface area (Å²) in [5.41, 5.74) is 0. The minimum absolute atomic E-state index is 0.870. The van der Waals surface area contributed by atoms with Crippen LogP contribution in [0.5, 0.6) is 0 Å². The second-order valence-corrected chi connectivity index (χ2v) is 16.9. The molecule has 2 atom stereocenters. The lowest BCUT2D eigenvalue weighted by molar-refractivity contribution is -0.946. The van der Waals surface area contributed by atoms with Gasteiger partial charge in [-0.2, -0.15) is 8.42 Å². The fourth-order valence-electron chi connectivity index (χ4n) is 7.36. The molecule has 1 rings (SSSR count). The maximum absolute atomic E-state index is 9.33. The molecule has 1 aliphatic rings. The molecule has 47 heavy (non-hydrogen) atoms. The number of rotatable bonds is 31. The van der Waals surface area contributed by atoms with Gasteiger partial charge in [-0.05, 0) is 25.7 Å². The number of hydrogen-bond acceptors (Lipinski definition) is 3. The SMILES string of the molecule is CCCCCCCCCCCCCCCC[N+]1(C)CCC[N+](C)(CCCCCCCCCCCCCCCC)CC1.COS(=O)(=O)O. The summed E-state index contributed by atoms with van der Waals surface area (Å²) in [7, 11) is 1.86. The Labute approximate surface area is 296 Å². The summed E-state index contributed by atoms with van der Waals surface area (Å²) in [5, 5.41) is 0. The zero-order valence-electron chi connectivity index (χ0n) is 32.7. The second kappa shape index (κ2) is 31.7. The molecule has 0 aromatic rings. The lowest BCUT2D eigenvalue weighted by atomic mass is 10.0. The summed E-state index contributed by atoms with van der Waals surface area (Å²) < 4.78 is 32.4. The lowest BCUT2D eigenvalue weighted by Crippen LogP contribution is -2.51. The van der Waals surface area contributed by atoms with Crippen molar-refractivity contribution in [1.29, 1.82) is 0 Å². The molecule has 0 bridgehead atoms. The molecule has 0 aliphatic carbocycles. The van der Waals surface area contributed by atoms with E-state index in [9.17, 15) is 8.42 Å². The predicted molar refractivity (Wildman–Crippen MR) is 205 cm³/mol. The maximum atomic E-state index is 9.33. The van der Waals surface area contributed by atoms with Crippen LogP contribution in [0.3, 0.4) is 0 Å². The van der Waals surface area contributed by atoms with Crippen LogP contribution in [-0.4, -0.2) is 82.4 Å². The summed E-state index contributed by atoms with van der Waals surface area (Å²) in [6, 6.07) is 0. The first-order chi connectivity index (χ1) is 22.6. The van der Waals surface area contributed by atoms with Crippen molar-refractivity contribution in [2.24, 2.45) is 0 Å². The highest BCUT2D eigenvalue weighted by Gasteiger charge is 2.32. The molecule has 0 radical (unpaired) electrons. The molecule has 0 amide bonds. The zero-order chi connectivity index (χ0) is 35.0. The Bertz CT molecular complexity index is 719. The molecule has 0 aromatic carbocycles. The van der Waals surface area contributed by atoms with Crippen molar-refractivity contribution in [3.05, 3.63) is 0 Å². The van der Waals surface area contributed by atoms with Crippen LogP contribution in [0.25, 0.3) is 0 Å². The summed E-state index contributed by atoms with van der Waals surface area (Å²) in [4.78, 5) is 0. The molecule has 1 saturated heterocycles. The number of hydrogen-bond donors (Lipinski definition) is 1. The Morgan fingerprint density at radius 3 is 0.872 bits per heavy atom. The Morgan fingerprint density at radius 2 is 0.660 bits per heavy atom. The molecular formula is C40H86N2O4S+2. The third kappa shape index (κ3) is 32.7. The van der Waals surface area contributed by atoms with Gasteiger partial charge in [0.1, 0.15) is 13.1 Å². The van der Waals surface area contributed by atoms with Crippen molar-refractivity contribution in [1.82, 2.24) is 0 Å². The van der Waals surface area contributed by atoms with Gasteiger partial charge in [0.05, 0.1) is 47.4 Å². The third-order valence-electron chi connectivity index (χ3n) is 10.9.